The Morgan fingerprint density at radius 3 is 3.33 bits per heavy atom. The molecule has 1 aliphatic carbocycles. The van der Waals surface area contributed by atoms with Crippen molar-refractivity contribution in [3.63, 3.8) is 0 Å². The van der Waals surface area contributed by atoms with Gasteiger partial charge >= 0.3 is 0 Å². The van der Waals surface area contributed by atoms with E-state index in [9.17, 15) is 4.79 Å². The molecule has 5 heteroatoms. The molecule has 1 saturated carbocycles. The zero-order valence-electron chi connectivity index (χ0n) is 12.3. The molecule has 2 atom stereocenters. The number of fused-ring (bicyclic) bond motifs is 2. The lowest BCUT2D eigenvalue weighted by Gasteiger charge is -2.42. The minimum atomic E-state index is -0.136. The van der Waals surface area contributed by atoms with Gasteiger partial charge in [0.05, 0.1) is 17.7 Å². The summed E-state index contributed by atoms with van der Waals surface area (Å²) in [5.41, 5.74) is 2.09. The number of nitrogens with zero attached hydrogens (tertiary/aromatic N) is 3. The van der Waals surface area contributed by atoms with Gasteiger partial charge in [-0.3, -0.25) is 4.79 Å². The maximum atomic E-state index is 13.2. The Bertz CT molecular complexity index is 561. The number of hydrogen-bond acceptors (Lipinski definition) is 4. The number of carbonyl (C=O) groups excluding carboxylic acids is 1. The third-order valence-electron chi connectivity index (χ3n) is 5.62. The number of carbonyl (C=O) groups is 1. The molecule has 0 spiro atoms. The third-order valence-corrected chi connectivity index (χ3v) is 5.62. The summed E-state index contributed by atoms with van der Waals surface area (Å²) in [6, 6.07) is 0. The second-order valence-electron chi connectivity index (χ2n) is 6.70. The molecule has 1 aromatic heterocycles. The predicted molar refractivity (Wildman–Crippen MR) is 78.4 cm³/mol. The summed E-state index contributed by atoms with van der Waals surface area (Å²) in [6.45, 7) is 3.35. The van der Waals surface area contributed by atoms with Crippen molar-refractivity contribution in [2.75, 3.05) is 19.6 Å². The minimum absolute atomic E-state index is 0.136. The van der Waals surface area contributed by atoms with E-state index in [1.807, 2.05) is 11.1 Å². The molecule has 0 aromatic carbocycles. The van der Waals surface area contributed by atoms with Gasteiger partial charge in [-0.25, -0.2) is 9.97 Å². The molecule has 1 aromatic rings. The highest BCUT2D eigenvalue weighted by atomic mass is 16.2. The van der Waals surface area contributed by atoms with Crippen LogP contribution in [0.4, 0.5) is 0 Å². The molecule has 1 saturated heterocycles. The Balaban J connectivity index is 1.58. The standard InChI is InChI=1S/C16H22N4O/c21-15(16-5-2-1-3-13(16)8-17-10-16)20-6-4-12-7-18-11-19-14(12)9-20/h7,11,13,17H,1-6,8-10H2/t13-,16+/m0/s1. The van der Waals surface area contributed by atoms with Crippen LogP contribution in [0.3, 0.4) is 0 Å². The molecule has 2 aliphatic heterocycles. The first-order valence-corrected chi connectivity index (χ1v) is 8.07. The van der Waals surface area contributed by atoms with E-state index in [-0.39, 0.29) is 5.41 Å². The molecule has 3 aliphatic rings. The molecule has 1 N–H and O–H groups in total. The molecule has 5 nitrogen and oxygen atoms in total. The van der Waals surface area contributed by atoms with E-state index < -0.39 is 0 Å². The van der Waals surface area contributed by atoms with Gasteiger partial charge in [-0.1, -0.05) is 12.8 Å². The first-order chi connectivity index (χ1) is 10.3. The number of amides is 1. The second kappa shape index (κ2) is 5.05. The molecule has 0 radical (unpaired) electrons. The van der Waals surface area contributed by atoms with Crippen LogP contribution in [0.5, 0.6) is 0 Å². The molecule has 3 heterocycles. The van der Waals surface area contributed by atoms with Gasteiger partial charge in [-0.2, -0.15) is 0 Å². The molecule has 1 amide bonds. The van der Waals surface area contributed by atoms with Crippen LogP contribution in [-0.4, -0.2) is 40.4 Å². The summed E-state index contributed by atoms with van der Waals surface area (Å²) in [5.74, 6) is 0.895. The molecular formula is C16H22N4O. The average Bonchev–Trinajstić information content (AvgIpc) is 2.99. The van der Waals surface area contributed by atoms with Gasteiger partial charge in [0.25, 0.3) is 0 Å². The number of rotatable bonds is 1. The smallest absolute Gasteiger partial charge is 0.230 e. The van der Waals surface area contributed by atoms with Crippen LogP contribution in [-0.2, 0) is 17.8 Å². The fourth-order valence-electron chi connectivity index (χ4n) is 4.41. The lowest BCUT2D eigenvalue weighted by atomic mass is 9.67. The van der Waals surface area contributed by atoms with Gasteiger partial charge in [0.15, 0.2) is 0 Å². The van der Waals surface area contributed by atoms with Crippen molar-refractivity contribution in [1.82, 2.24) is 20.2 Å². The van der Waals surface area contributed by atoms with Crippen molar-refractivity contribution in [1.29, 1.82) is 0 Å². The van der Waals surface area contributed by atoms with Gasteiger partial charge in [-0.05, 0) is 37.3 Å². The highest BCUT2D eigenvalue weighted by molar-refractivity contribution is 5.84. The van der Waals surface area contributed by atoms with Crippen molar-refractivity contribution in [3.05, 3.63) is 23.8 Å². The monoisotopic (exact) mass is 286 g/mol. The van der Waals surface area contributed by atoms with Gasteiger partial charge in [0, 0.05) is 19.3 Å². The van der Waals surface area contributed by atoms with Crippen molar-refractivity contribution in [3.8, 4) is 0 Å². The van der Waals surface area contributed by atoms with Crippen LogP contribution in [0.2, 0.25) is 0 Å². The van der Waals surface area contributed by atoms with E-state index in [1.54, 1.807) is 6.33 Å². The summed E-state index contributed by atoms with van der Waals surface area (Å²) in [5, 5.41) is 3.47. The second-order valence-corrected chi connectivity index (χ2v) is 6.70. The van der Waals surface area contributed by atoms with Gasteiger partial charge in [-0.15, -0.1) is 0 Å². The largest absolute Gasteiger partial charge is 0.336 e. The van der Waals surface area contributed by atoms with Crippen molar-refractivity contribution in [2.24, 2.45) is 11.3 Å². The topological polar surface area (TPSA) is 58.1 Å². The van der Waals surface area contributed by atoms with Crippen molar-refractivity contribution >= 4 is 5.91 Å². The molecule has 21 heavy (non-hydrogen) atoms. The molecule has 2 fully saturated rings. The maximum absolute atomic E-state index is 13.2. The van der Waals surface area contributed by atoms with Crippen LogP contribution in [0.15, 0.2) is 12.5 Å². The number of aromatic nitrogens is 2. The zero-order valence-corrected chi connectivity index (χ0v) is 12.3. The van der Waals surface area contributed by atoms with E-state index in [4.69, 9.17) is 0 Å². The minimum Gasteiger partial charge on any atom is -0.336 e. The highest BCUT2D eigenvalue weighted by Gasteiger charge is 2.51. The summed E-state index contributed by atoms with van der Waals surface area (Å²) < 4.78 is 0. The fraction of sp³-hybridized carbons (Fsp3) is 0.688. The Labute approximate surface area is 125 Å². The van der Waals surface area contributed by atoms with Crippen LogP contribution in [0.1, 0.15) is 36.9 Å². The molecule has 0 bridgehead atoms. The quantitative estimate of drug-likeness (QED) is 0.841. The summed E-state index contributed by atoms with van der Waals surface area (Å²) in [4.78, 5) is 23.7. The molecule has 4 rings (SSSR count). The van der Waals surface area contributed by atoms with Crippen LogP contribution in [0.25, 0.3) is 0 Å². The van der Waals surface area contributed by atoms with Crippen molar-refractivity contribution in [2.45, 2.75) is 38.6 Å². The van der Waals surface area contributed by atoms with E-state index in [0.717, 1.165) is 38.2 Å². The Hall–Kier alpha value is -1.49. The van der Waals surface area contributed by atoms with Crippen molar-refractivity contribution < 1.29 is 4.79 Å². The van der Waals surface area contributed by atoms with Crippen LogP contribution in [0, 0.1) is 11.3 Å². The lowest BCUT2D eigenvalue weighted by Crippen LogP contribution is -2.51. The third kappa shape index (κ3) is 2.06. The summed E-state index contributed by atoms with van der Waals surface area (Å²) in [7, 11) is 0. The predicted octanol–water partition coefficient (Wildman–Crippen LogP) is 1.14. The Morgan fingerprint density at radius 2 is 2.38 bits per heavy atom. The average molecular weight is 286 g/mol. The van der Waals surface area contributed by atoms with Crippen LogP contribution < -0.4 is 5.32 Å². The SMILES string of the molecule is O=C(N1CCc2cncnc2C1)[C@@]12CCCC[C@H]1CNC2. The summed E-state index contributed by atoms with van der Waals surface area (Å²) >= 11 is 0. The number of nitrogens with one attached hydrogen (secondary N) is 1. The fourth-order valence-corrected chi connectivity index (χ4v) is 4.41. The van der Waals surface area contributed by atoms with E-state index >= 15 is 0 Å². The van der Waals surface area contributed by atoms with Gasteiger partial charge in [0.2, 0.25) is 5.91 Å². The van der Waals surface area contributed by atoms with Crippen LogP contribution >= 0.6 is 0 Å². The highest BCUT2D eigenvalue weighted by Crippen LogP contribution is 2.45. The molecular weight excluding hydrogens is 264 g/mol. The number of hydrogen-bond donors (Lipinski definition) is 1. The Kier molecular flexibility index (Phi) is 3.17. The first kappa shape index (κ1) is 13.2. The Morgan fingerprint density at radius 1 is 1.43 bits per heavy atom. The zero-order chi connectivity index (χ0) is 14.3. The van der Waals surface area contributed by atoms with E-state index in [2.05, 4.69) is 15.3 Å². The van der Waals surface area contributed by atoms with Gasteiger partial charge < -0.3 is 10.2 Å². The molecule has 0 unspecified atom stereocenters. The van der Waals surface area contributed by atoms with E-state index in [0.29, 0.717) is 18.4 Å². The van der Waals surface area contributed by atoms with Gasteiger partial charge in [0.1, 0.15) is 6.33 Å². The summed E-state index contributed by atoms with van der Waals surface area (Å²) in [6.07, 6.45) is 9.08. The normalized spacial score (nSPS) is 31.6. The first-order valence-electron chi connectivity index (χ1n) is 8.07. The lowest BCUT2D eigenvalue weighted by molar-refractivity contribution is -0.146. The van der Waals surface area contributed by atoms with E-state index in [1.165, 1.54) is 24.8 Å². The molecule has 112 valence electrons. The maximum Gasteiger partial charge on any atom is 0.230 e.